The van der Waals surface area contributed by atoms with Crippen molar-refractivity contribution in [1.29, 1.82) is 0 Å². The number of methoxy groups -OCH3 is 1. The lowest BCUT2D eigenvalue weighted by molar-refractivity contribution is 0.0964. The van der Waals surface area contributed by atoms with Gasteiger partial charge in [-0.3, -0.25) is 13.7 Å². The van der Waals surface area contributed by atoms with Gasteiger partial charge in [0, 0.05) is 36.7 Å². The summed E-state index contributed by atoms with van der Waals surface area (Å²) in [7, 11) is 4.38. The van der Waals surface area contributed by atoms with Crippen molar-refractivity contribution in [2.24, 2.45) is 0 Å². The topological polar surface area (TPSA) is 118 Å². The number of benzene rings is 4. The van der Waals surface area contributed by atoms with Crippen LogP contribution in [-0.4, -0.2) is 40.9 Å². The molecule has 6 aromatic rings. The van der Waals surface area contributed by atoms with Gasteiger partial charge in [-0.2, -0.15) is 0 Å². The molecule has 1 amide bonds. The number of nitrogens with one attached hydrogen (secondary N) is 1. The van der Waals surface area contributed by atoms with Gasteiger partial charge in [0.1, 0.15) is 28.4 Å². The number of anilines is 1. The van der Waals surface area contributed by atoms with E-state index >= 15 is 0 Å². The first-order chi connectivity index (χ1) is 20.7. The number of nitrogens with zero attached hydrogens (tertiary/aromatic N) is 2. The minimum absolute atomic E-state index is 0.0596. The molecule has 6 rings (SSSR count). The molecule has 0 spiro atoms. The summed E-state index contributed by atoms with van der Waals surface area (Å²) in [6, 6.07) is 18.2. The SMILES string of the molecule is CNC(=O)c1c(-c2ccc(F)cc2)oc2cc(N(C)S(=O)O)c(-c3ccc(OC)c(-c4nc5c(F)cccc5o4)c3)cc12. The zero-order valence-corrected chi connectivity index (χ0v) is 23.8. The summed E-state index contributed by atoms with van der Waals surface area (Å²) in [5.74, 6) is -0.733. The summed E-state index contributed by atoms with van der Waals surface area (Å²) < 4.78 is 69.0. The average Bonchev–Trinajstić information content (AvgIpc) is 3.62. The molecule has 0 aliphatic rings. The number of fused-ring (bicyclic) bond motifs is 2. The van der Waals surface area contributed by atoms with E-state index < -0.39 is 28.8 Å². The van der Waals surface area contributed by atoms with E-state index in [0.717, 1.165) is 4.31 Å². The summed E-state index contributed by atoms with van der Waals surface area (Å²) in [4.78, 5) is 17.5. The Kier molecular flexibility index (Phi) is 7.16. The molecule has 0 saturated carbocycles. The van der Waals surface area contributed by atoms with Gasteiger partial charge in [-0.25, -0.2) is 18.0 Å². The fourth-order valence-corrected chi connectivity index (χ4v) is 5.26. The molecule has 218 valence electrons. The fourth-order valence-electron chi connectivity index (χ4n) is 4.94. The maximum Gasteiger partial charge on any atom is 0.261 e. The van der Waals surface area contributed by atoms with Crippen LogP contribution in [0.25, 0.3) is 56.0 Å². The van der Waals surface area contributed by atoms with Crippen molar-refractivity contribution in [1.82, 2.24) is 10.3 Å². The standard InChI is InChI=1S/C31H23F2N3O6S/c1-34-30(37)27-20-14-19(23(36(2)43(38)39)15-26(20)41-29(27)16-7-10-18(32)11-8-16)17-9-12-24(40-3)21(13-17)31-35-28-22(33)5-4-6-25(28)42-31/h4-15H,1-3H3,(H,34,37)(H,38,39). The number of amides is 1. The number of halogens is 2. The summed E-state index contributed by atoms with van der Waals surface area (Å²) in [5, 5.41) is 3.03. The number of carbonyl (C=O) groups is 1. The first-order valence-corrected chi connectivity index (χ1v) is 13.9. The van der Waals surface area contributed by atoms with Crippen LogP contribution in [0, 0.1) is 11.6 Å². The minimum Gasteiger partial charge on any atom is -0.496 e. The monoisotopic (exact) mass is 603 g/mol. The Morgan fingerprint density at radius 1 is 0.977 bits per heavy atom. The van der Waals surface area contributed by atoms with Crippen molar-refractivity contribution in [3.05, 3.63) is 90.0 Å². The highest BCUT2D eigenvalue weighted by Crippen LogP contribution is 2.43. The fraction of sp³-hybridized carbons (Fsp3) is 0.0968. The van der Waals surface area contributed by atoms with Crippen molar-refractivity contribution in [2.45, 2.75) is 0 Å². The predicted molar refractivity (Wildman–Crippen MR) is 159 cm³/mol. The van der Waals surface area contributed by atoms with Crippen LogP contribution in [0.1, 0.15) is 10.4 Å². The first kappa shape index (κ1) is 28.1. The van der Waals surface area contributed by atoms with Crippen molar-refractivity contribution in [2.75, 3.05) is 25.5 Å². The molecule has 2 aromatic heterocycles. The molecular weight excluding hydrogens is 580 g/mol. The van der Waals surface area contributed by atoms with E-state index in [1.807, 2.05) is 0 Å². The highest BCUT2D eigenvalue weighted by Gasteiger charge is 2.26. The van der Waals surface area contributed by atoms with Gasteiger partial charge in [0.05, 0.1) is 23.9 Å². The van der Waals surface area contributed by atoms with Crippen molar-refractivity contribution < 1.29 is 35.9 Å². The van der Waals surface area contributed by atoms with Crippen molar-refractivity contribution in [3.8, 4) is 39.7 Å². The molecule has 9 nitrogen and oxygen atoms in total. The third-order valence-electron chi connectivity index (χ3n) is 7.05. The lowest BCUT2D eigenvalue weighted by Crippen LogP contribution is -2.20. The summed E-state index contributed by atoms with van der Waals surface area (Å²) in [6.45, 7) is 0. The van der Waals surface area contributed by atoms with Gasteiger partial charge in [0.2, 0.25) is 5.89 Å². The van der Waals surface area contributed by atoms with Crippen LogP contribution in [0.5, 0.6) is 5.75 Å². The van der Waals surface area contributed by atoms with Crippen molar-refractivity contribution >= 4 is 44.9 Å². The second-order valence-electron chi connectivity index (χ2n) is 9.51. The number of rotatable bonds is 7. The molecule has 0 fully saturated rings. The molecular formula is C31H23F2N3O6S. The molecule has 4 aromatic carbocycles. The molecule has 0 radical (unpaired) electrons. The van der Waals surface area contributed by atoms with Gasteiger partial charge in [-0.05, 0) is 60.2 Å². The molecule has 1 atom stereocenters. The number of aromatic nitrogens is 1. The van der Waals surface area contributed by atoms with E-state index in [-0.39, 0.29) is 33.9 Å². The van der Waals surface area contributed by atoms with Crippen LogP contribution in [0.4, 0.5) is 14.5 Å². The maximum absolute atomic E-state index is 14.4. The second-order valence-corrected chi connectivity index (χ2v) is 10.5. The van der Waals surface area contributed by atoms with E-state index in [2.05, 4.69) is 10.3 Å². The lowest BCUT2D eigenvalue weighted by Gasteiger charge is -2.19. The number of carbonyl (C=O) groups excluding carboxylic acids is 1. The number of oxazole rings is 1. The van der Waals surface area contributed by atoms with Crippen LogP contribution in [0.2, 0.25) is 0 Å². The van der Waals surface area contributed by atoms with Gasteiger partial charge in [0.25, 0.3) is 17.2 Å². The number of para-hydroxylation sites is 1. The molecule has 1 unspecified atom stereocenters. The second kappa shape index (κ2) is 11.0. The number of hydrogen-bond donors (Lipinski definition) is 2. The minimum atomic E-state index is -2.42. The lowest BCUT2D eigenvalue weighted by atomic mass is 9.97. The summed E-state index contributed by atoms with van der Waals surface area (Å²) in [6.07, 6.45) is 0. The molecule has 2 heterocycles. The Bertz CT molecular complexity index is 2060. The Morgan fingerprint density at radius 3 is 2.40 bits per heavy atom. The van der Waals surface area contributed by atoms with Gasteiger partial charge in [0.15, 0.2) is 11.4 Å². The van der Waals surface area contributed by atoms with E-state index in [9.17, 15) is 22.3 Å². The number of furan rings is 1. The molecule has 12 heteroatoms. The number of hydrogen-bond acceptors (Lipinski definition) is 6. The Hall–Kier alpha value is -5.07. The number of ether oxygens (including phenoxy) is 1. The largest absolute Gasteiger partial charge is 0.496 e. The first-order valence-electron chi connectivity index (χ1n) is 12.9. The van der Waals surface area contributed by atoms with E-state index in [4.69, 9.17) is 13.6 Å². The summed E-state index contributed by atoms with van der Waals surface area (Å²) >= 11 is -2.42. The third kappa shape index (κ3) is 4.90. The Balaban J connectivity index is 1.62. The molecule has 0 aliphatic carbocycles. The highest BCUT2D eigenvalue weighted by atomic mass is 32.2. The molecule has 2 N–H and O–H groups in total. The van der Waals surface area contributed by atoms with Crippen LogP contribution < -0.4 is 14.4 Å². The highest BCUT2D eigenvalue weighted by molar-refractivity contribution is 7.80. The van der Waals surface area contributed by atoms with Crippen LogP contribution in [0.3, 0.4) is 0 Å². The quantitative estimate of drug-likeness (QED) is 0.193. The van der Waals surface area contributed by atoms with Crippen LogP contribution in [0.15, 0.2) is 81.6 Å². The van der Waals surface area contributed by atoms with Crippen molar-refractivity contribution in [3.63, 3.8) is 0 Å². The van der Waals surface area contributed by atoms with Gasteiger partial charge in [-0.1, -0.05) is 12.1 Å². The summed E-state index contributed by atoms with van der Waals surface area (Å²) in [5.41, 5.74) is 2.95. The zero-order valence-electron chi connectivity index (χ0n) is 23.0. The predicted octanol–water partition coefficient (Wildman–Crippen LogP) is 6.79. The molecule has 0 bridgehead atoms. The molecule has 0 aliphatic heterocycles. The molecule has 0 saturated heterocycles. The molecule has 43 heavy (non-hydrogen) atoms. The smallest absolute Gasteiger partial charge is 0.261 e. The normalized spacial score (nSPS) is 12.0. The zero-order chi connectivity index (χ0) is 30.4. The van der Waals surface area contributed by atoms with Gasteiger partial charge in [-0.15, -0.1) is 0 Å². The Morgan fingerprint density at radius 2 is 1.72 bits per heavy atom. The van der Waals surface area contributed by atoms with E-state index in [1.165, 1.54) is 57.6 Å². The van der Waals surface area contributed by atoms with Crippen LogP contribution in [-0.2, 0) is 11.3 Å². The van der Waals surface area contributed by atoms with Crippen LogP contribution >= 0.6 is 0 Å². The van der Waals surface area contributed by atoms with Gasteiger partial charge >= 0.3 is 0 Å². The van der Waals surface area contributed by atoms with Gasteiger partial charge < -0.3 is 18.9 Å². The third-order valence-corrected chi connectivity index (χ3v) is 7.72. The Labute approximate surface area is 246 Å². The van der Waals surface area contributed by atoms with E-state index in [1.54, 1.807) is 36.4 Å². The van der Waals surface area contributed by atoms with E-state index in [0.29, 0.717) is 39.1 Å². The maximum atomic E-state index is 14.4. The average molecular weight is 604 g/mol.